The first-order valence-corrected chi connectivity index (χ1v) is 27.3. The summed E-state index contributed by atoms with van der Waals surface area (Å²) in [6.07, 6.45) is 0. The molecule has 17 rings (SSSR count). The molecule has 0 aliphatic carbocycles. The molecule has 0 saturated heterocycles. The van der Waals surface area contributed by atoms with Gasteiger partial charge in [0, 0.05) is 73.4 Å². The summed E-state index contributed by atoms with van der Waals surface area (Å²) in [6, 6.07) is 46.1. The maximum absolute atomic E-state index is 13.0. The predicted molar refractivity (Wildman–Crippen MR) is 338 cm³/mol. The van der Waals surface area contributed by atoms with Crippen LogP contribution in [0.1, 0.15) is 53.9 Å². The topological polar surface area (TPSA) is 61.0 Å². The molecule has 6 heterocycles. The molecule has 11 aromatic carbocycles. The van der Waals surface area contributed by atoms with Gasteiger partial charge in [-0.25, -0.2) is 4.85 Å². The van der Waals surface area contributed by atoms with Crippen molar-refractivity contribution < 1.29 is 20.9 Å². The van der Waals surface area contributed by atoms with Crippen LogP contribution in [0.25, 0.3) is 157 Å². The Labute approximate surface area is 484 Å². The van der Waals surface area contributed by atoms with Crippen molar-refractivity contribution in [2.75, 3.05) is 0 Å². The SMILES string of the molecule is [2H]c1c([2H])c([2H])c2c(oc3c2c([2H])c([2H])c2c4c([2H])c(C([2H])([2H])[2H])c([2H])c([2H])c4n(-c4c(-n5c6ccccc6c6ccccc65)c(C#N)c(-n5c6ccc(C(C)(C)C)cc6c6ccc7c8ccccc8sc7c65)c([N+]#[C-])c4-n4c5ccccc5c5ccccc54)c32)c1[2H]. The number of fused-ring (bicyclic) bond motifs is 20. The molecule has 0 aliphatic heterocycles. The van der Waals surface area contributed by atoms with Gasteiger partial charge in [-0.2, -0.15) is 5.26 Å². The number of thiophene rings is 1. The molecule has 0 aliphatic rings. The smallest absolute Gasteiger partial charge is 0.237 e. The van der Waals surface area contributed by atoms with E-state index in [2.05, 4.69) is 63.2 Å². The fourth-order valence-corrected chi connectivity index (χ4v) is 14.2. The van der Waals surface area contributed by atoms with Crippen LogP contribution in [-0.4, -0.2) is 18.3 Å². The monoisotopic (exact) mass is 1070 g/mol. The van der Waals surface area contributed by atoms with E-state index in [1.54, 1.807) is 11.3 Å². The number of nitriles is 1. The number of hydrogen-bond donors (Lipinski definition) is 0. The lowest BCUT2D eigenvalue weighted by molar-refractivity contribution is 0.591. The number of rotatable bonds is 4. The van der Waals surface area contributed by atoms with E-state index in [1.807, 2.05) is 129 Å². The largest absolute Gasteiger partial charge is 0.454 e. The van der Waals surface area contributed by atoms with Crippen LogP contribution < -0.4 is 0 Å². The molecule has 0 fully saturated rings. The number of hydrogen-bond acceptors (Lipinski definition) is 3. The summed E-state index contributed by atoms with van der Waals surface area (Å²) >= 11 is 1.60. The van der Waals surface area contributed by atoms with Crippen LogP contribution in [0.15, 0.2) is 210 Å². The van der Waals surface area contributed by atoms with Gasteiger partial charge in [0.05, 0.1) is 96.1 Å². The van der Waals surface area contributed by atoms with E-state index in [-0.39, 0.29) is 83.2 Å². The van der Waals surface area contributed by atoms with Crippen molar-refractivity contribution in [3.8, 4) is 28.8 Å². The van der Waals surface area contributed by atoms with Gasteiger partial charge in [-0.05, 0) is 84.5 Å². The lowest BCUT2D eigenvalue weighted by atomic mass is 9.86. The zero-order chi connectivity index (χ0) is 64.5. The van der Waals surface area contributed by atoms with Gasteiger partial charge in [0.15, 0.2) is 5.58 Å². The third-order valence-corrected chi connectivity index (χ3v) is 17.6. The molecule has 7 nitrogen and oxygen atoms in total. The summed E-state index contributed by atoms with van der Waals surface area (Å²) in [7, 11) is 0. The Hall–Kier alpha value is -10.4. The zero-order valence-electron chi connectivity index (χ0n) is 55.4. The van der Waals surface area contributed by atoms with Gasteiger partial charge >= 0.3 is 0 Å². The van der Waals surface area contributed by atoms with E-state index in [0.717, 1.165) is 63.6 Å². The first kappa shape index (κ1) is 35.2. The number of furan rings is 1. The summed E-state index contributed by atoms with van der Waals surface area (Å²) in [4.78, 5) is 4.71. The molecular weight excluding hydrogens is 1010 g/mol. The first-order valence-electron chi connectivity index (χ1n) is 32.5. The molecule has 0 atom stereocenters. The van der Waals surface area contributed by atoms with Crippen molar-refractivity contribution in [1.82, 2.24) is 18.3 Å². The molecule has 0 spiro atoms. The van der Waals surface area contributed by atoms with Crippen molar-refractivity contribution in [1.29, 1.82) is 5.26 Å². The molecule has 380 valence electrons. The molecule has 0 radical (unpaired) electrons. The first-order chi connectivity index (χ1) is 44.7. The van der Waals surface area contributed by atoms with Crippen molar-refractivity contribution in [3.05, 3.63) is 234 Å². The molecule has 0 saturated carbocycles. The van der Waals surface area contributed by atoms with E-state index >= 15 is 0 Å². The van der Waals surface area contributed by atoms with Crippen LogP contribution in [0, 0.1) is 24.8 Å². The maximum atomic E-state index is 13.0. The fraction of sp³-hybridized carbons (Fsp3) is 0.0685. The second kappa shape index (κ2) is 16.3. The zero-order valence-corrected chi connectivity index (χ0v) is 44.3. The Morgan fingerprint density at radius 2 is 1.11 bits per heavy atom. The third-order valence-electron chi connectivity index (χ3n) is 16.4. The minimum atomic E-state index is -3.18. The highest BCUT2D eigenvalue weighted by molar-refractivity contribution is 7.26. The van der Waals surface area contributed by atoms with Gasteiger partial charge in [-0.1, -0.05) is 166 Å². The van der Waals surface area contributed by atoms with Gasteiger partial charge in [0.2, 0.25) is 5.69 Å². The molecule has 6 aromatic heterocycles. The fourth-order valence-electron chi connectivity index (χ4n) is 12.9. The van der Waals surface area contributed by atoms with E-state index in [1.165, 1.54) is 4.57 Å². The molecule has 0 N–H and O–H groups in total. The van der Waals surface area contributed by atoms with Gasteiger partial charge in [0.25, 0.3) is 0 Å². The van der Waals surface area contributed by atoms with E-state index in [0.29, 0.717) is 27.6 Å². The molecule has 81 heavy (non-hydrogen) atoms. The lowest BCUT2D eigenvalue weighted by Crippen LogP contribution is -2.15. The van der Waals surface area contributed by atoms with Crippen molar-refractivity contribution >= 4 is 146 Å². The Morgan fingerprint density at radius 1 is 0.519 bits per heavy atom. The maximum Gasteiger partial charge on any atom is 0.237 e. The van der Waals surface area contributed by atoms with Gasteiger partial charge in [0.1, 0.15) is 11.7 Å². The third kappa shape index (κ3) is 6.04. The quantitative estimate of drug-likeness (QED) is 0.165. The number of benzene rings is 11. The predicted octanol–water partition coefficient (Wildman–Crippen LogP) is 20.4. The second-order valence-corrected chi connectivity index (χ2v) is 22.7. The number of aromatic nitrogens is 4. The highest BCUT2D eigenvalue weighted by atomic mass is 32.1. The van der Waals surface area contributed by atoms with Crippen LogP contribution in [0.5, 0.6) is 0 Å². The van der Waals surface area contributed by atoms with Crippen LogP contribution >= 0.6 is 11.3 Å². The average Bonchev–Trinajstić information content (AvgIpc) is 1.53. The van der Waals surface area contributed by atoms with E-state index < -0.39 is 66.8 Å². The van der Waals surface area contributed by atoms with Crippen LogP contribution in [0.3, 0.4) is 0 Å². The van der Waals surface area contributed by atoms with Crippen LogP contribution in [0.2, 0.25) is 0 Å². The summed E-state index contributed by atoms with van der Waals surface area (Å²) in [5.74, 6) is 0. The average molecular weight is 1070 g/mol. The highest BCUT2D eigenvalue weighted by Gasteiger charge is 2.36. The Kier molecular flexibility index (Phi) is 7.10. The van der Waals surface area contributed by atoms with Crippen LogP contribution in [-0.2, 0) is 5.41 Å². The minimum Gasteiger partial charge on any atom is -0.454 e. The van der Waals surface area contributed by atoms with E-state index in [9.17, 15) is 21.4 Å². The lowest BCUT2D eigenvalue weighted by Gasteiger charge is -2.27. The summed E-state index contributed by atoms with van der Waals surface area (Å²) in [5.41, 5.74) is 2.65. The summed E-state index contributed by atoms with van der Waals surface area (Å²) < 4.78 is 130. The van der Waals surface area contributed by atoms with Gasteiger partial charge in [-0.15, -0.1) is 11.3 Å². The molecule has 0 unspecified atom stereocenters. The second-order valence-electron chi connectivity index (χ2n) is 21.6. The minimum absolute atomic E-state index is 0.0329. The number of nitrogens with zero attached hydrogens (tertiary/aromatic N) is 6. The van der Waals surface area contributed by atoms with Gasteiger partial charge < -0.3 is 22.7 Å². The standard InChI is InChI=1S/C73H46N6OS/c1-41-30-36-60-53(38-41)49-32-34-51-47-22-10-16-28-62(47)80-71(51)67(49)79(60)70-66(76-56-24-12-6-18-43(56)44-19-7-13-25-57(44)76)55(40-74)65(64(75-5)69(70)77-58-26-14-8-20-45(58)46-21-9-15-27-59(46)77)78-61-37-31-42(73(2,3)4)39-54(61)50-33-35-52-48-23-11-17-29-63(48)81-72(52)68(50)78/h6-39H,1-4H3/i1D3,10D,16D,22D,28D,30D,32D,34D,36D,38D. The van der Waals surface area contributed by atoms with E-state index in [4.69, 9.17) is 16.1 Å². The van der Waals surface area contributed by atoms with Crippen molar-refractivity contribution in [3.63, 3.8) is 0 Å². The Balaban J connectivity index is 1.25. The molecule has 0 bridgehead atoms. The molecule has 8 heteroatoms. The Morgan fingerprint density at radius 3 is 1.77 bits per heavy atom. The van der Waals surface area contributed by atoms with Crippen molar-refractivity contribution in [2.45, 2.75) is 33.0 Å². The molecule has 17 aromatic rings. The summed E-state index contributed by atoms with van der Waals surface area (Å²) in [6.45, 7) is 13.4. The molecule has 0 amide bonds. The van der Waals surface area contributed by atoms with Crippen molar-refractivity contribution in [2.24, 2.45) is 0 Å². The summed E-state index contributed by atoms with van der Waals surface area (Å²) in [5, 5.41) is 18.7. The Bertz CT molecular complexity index is 6180. The van der Waals surface area contributed by atoms with Crippen LogP contribution in [0.4, 0.5) is 5.69 Å². The molecular formula is C73H46N6OS. The normalized spacial score (nSPS) is 14.7. The van der Waals surface area contributed by atoms with Gasteiger partial charge in [-0.3, -0.25) is 0 Å². The number of para-hydroxylation sites is 5. The highest BCUT2D eigenvalue weighted by Crippen LogP contribution is 2.54.